The lowest BCUT2D eigenvalue weighted by Crippen LogP contribution is -2.40. The summed E-state index contributed by atoms with van der Waals surface area (Å²) in [6.45, 7) is 1.88. The highest BCUT2D eigenvalue weighted by atomic mass is 35.5. The third-order valence-corrected chi connectivity index (χ3v) is 7.74. The topological polar surface area (TPSA) is 66.5 Å². The van der Waals surface area contributed by atoms with Crippen LogP contribution in [0.2, 0.25) is 5.02 Å². The average molecular weight is 433 g/mol. The first-order valence-electron chi connectivity index (χ1n) is 10.7. The molecule has 0 radical (unpaired) electrons. The molecule has 6 atom stereocenters. The monoisotopic (exact) mass is 432 g/mol. The van der Waals surface area contributed by atoms with Crippen molar-refractivity contribution in [3.8, 4) is 0 Å². The largest absolute Gasteiger partial charge is 0.322 e. The predicted molar refractivity (Wildman–Crippen MR) is 118 cm³/mol. The van der Waals surface area contributed by atoms with E-state index in [9.17, 15) is 14.4 Å². The van der Waals surface area contributed by atoms with Crippen LogP contribution >= 0.6 is 11.6 Å². The van der Waals surface area contributed by atoms with E-state index < -0.39 is 0 Å². The van der Waals surface area contributed by atoms with Gasteiger partial charge in [-0.05, 0) is 66.8 Å². The Labute approximate surface area is 185 Å². The van der Waals surface area contributed by atoms with E-state index in [-0.39, 0.29) is 41.4 Å². The van der Waals surface area contributed by atoms with Gasteiger partial charge in [0.2, 0.25) is 11.8 Å². The minimum atomic E-state index is -0.375. The number of carbonyl (C=O) groups is 3. The Morgan fingerprint density at radius 2 is 1.65 bits per heavy atom. The number of halogens is 1. The van der Waals surface area contributed by atoms with E-state index in [1.165, 1.54) is 4.90 Å². The normalized spacial score (nSPS) is 32.1. The zero-order valence-electron chi connectivity index (χ0n) is 16.9. The van der Waals surface area contributed by atoms with Crippen molar-refractivity contribution in [1.82, 2.24) is 0 Å². The van der Waals surface area contributed by atoms with E-state index in [1.807, 2.05) is 13.0 Å². The fourth-order valence-electron chi connectivity index (χ4n) is 5.97. The van der Waals surface area contributed by atoms with Crippen molar-refractivity contribution in [2.75, 3.05) is 10.2 Å². The van der Waals surface area contributed by atoms with Gasteiger partial charge in [-0.1, -0.05) is 42.0 Å². The second-order valence-corrected chi connectivity index (χ2v) is 9.53. The second kappa shape index (κ2) is 6.54. The average Bonchev–Trinajstić information content (AvgIpc) is 3.54. The SMILES string of the molecule is Cc1ccc(Cl)cc1NC(=O)c1ccccc1N1C(=O)[C@@H]2[C@H]3C=C[C@H]([C@H]4C[C@@H]34)[C@@H]2C1=O. The summed E-state index contributed by atoms with van der Waals surface area (Å²) in [6.07, 6.45) is 5.41. The summed E-state index contributed by atoms with van der Waals surface area (Å²) in [7, 11) is 0. The van der Waals surface area contributed by atoms with Crippen molar-refractivity contribution in [2.24, 2.45) is 35.5 Å². The first-order valence-corrected chi connectivity index (χ1v) is 11.1. The fourth-order valence-corrected chi connectivity index (χ4v) is 6.15. The number of nitrogens with zero attached hydrogens (tertiary/aromatic N) is 1. The van der Waals surface area contributed by atoms with E-state index in [2.05, 4.69) is 17.5 Å². The Bertz CT molecular complexity index is 1150. The molecule has 156 valence electrons. The lowest BCUT2D eigenvalue weighted by Gasteiger charge is -2.37. The summed E-state index contributed by atoms with van der Waals surface area (Å²) in [4.78, 5) is 41.4. The van der Waals surface area contributed by atoms with Gasteiger partial charge in [-0.25, -0.2) is 4.90 Å². The molecular weight excluding hydrogens is 412 g/mol. The molecule has 4 aliphatic carbocycles. The minimum Gasteiger partial charge on any atom is -0.322 e. The number of benzene rings is 2. The number of imide groups is 1. The van der Waals surface area contributed by atoms with Crippen LogP contribution in [-0.2, 0) is 9.59 Å². The van der Waals surface area contributed by atoms with E-state index in [1.54, 1.807) is 36.4 Å². The van der Waals surface area contributed by atoms with Crippen LogP contribution in [0.1, 0.15) is 22.3 Å². The highest BCUT2D eigenvalue weighted by molar-refractivity contribution is 6.31. The summed E-state index contributed by atoms with van der Waals surface area (Å²) < 4.78 is 0. The summed E-state index contributed by atoms with van der Waals surface area (Å²) in [6, 6.07) is 12.1. The molecule has 6 heteroatoms. The fraction of sp³-hybridized carbons (Fsp3) is 0.320. The number of carbonyl (C=O) groups excluding carboxylic acids is 3. The number of aryl methyl sites for hydroxylation is 1. The summed E-state index contributed by atoms with van der Waals surface area (Å²) >= 11 is 6.08. The number of para-hydroxylation sites is 1. The first-order chi connectivity index (χ1) is 15.0. The maximum absolute atomic E-state index is 13.5. The molecule has 0 unspecified atom stereocenters. The van der Waals surface area contributed by atoms with E-state index in [0.29, 0.717) is 33.8 Å². The zero-order valence-corrected chi connectivity index (χ0v) is 17.7. The van der Waals surface area contributed by atoms with Gasteiger partial charge in [0.05, 0.1) is 23.1 Å². The van der Waals surface area contributed by atoms with Crippen molar-refractivity contribution >= 4 is 40.7 Å². The number of hydrogen-bond acceptors (Lipinski definition) is 3. The van der Waals surface area contributed by atoms with Gasteiger partial charge in [0.1, 0.15) is 0 Å². The van der Waals surface area contributed by atoms with Crippen LogP contribution in [0.3, 0.4) is 0 Å². The van der Waals surface area contributed by atoms with Gasteiger partial charge >= 0.3 is 0 Å². The molecule has 7 rings (SSSR count). The van der Waals surface area contributed by atoms with Crippen molar-refractivity contribution in [3.63, 3.8) is 0 Å². The molecule has 0 spiro atoms. The van der Waals surface area contributed by atoms with Crippen LogP contribution in [0.25, 0.3) is 0 Å². The molecular formula is C25H21ClN2O3. The van der Waals surface area contributed by atoms with Crippen LogP contribution in [0.15, 0.2) is 54.6 Å². The van der Waals surface area contributed by atoms with Gasteiger partial charge in [-0.2, -0.15) is 0 Å². The van der Waals surface area contributed by atoms with Crippen LogP contribution in [0, 0.1) is 42.4 Å². The van der Waals surface area contributed by atoms with Crippen molar-refractivity contribution in [2.45, 2.75) is 13.3 Å². The molecule has 1 N–H and O–H groups in total. The lowest BCUT2D eigenvalue weighted by atomic mass is 9.63. The van der Waals surface area contributed by atoms with E-state index in [4.69, 9.17) is 11.6 Å². The molecule has 31 heavy (non-hydrogen) atoms. The molecule has 1 heterocycles. The van der Waals surface area contributed by atoms with Crippen molar-refractivity contribution < 1.29 is 14.4 Å². The highest BCUT2D eigenvalue weighted by Crippen LogP contribution is 2.65. The summed E-state index contributed by atoms with van der Waals surface area (Å²) in [5.74, 6) is 0.0796. The third-order valence-electron chi connectivity index (χ3n) is 7.50. The Balaban J connectivity index is 1.35. The molecule has 2 aromatic rings. The number of allylic oxidation sites excluding steroid dienone is 2. The van der Waals surface area contributed by atoms with E-state index in [0.717, 1.165) is 12.0 Å². The first kappa shape index (κ1) is 18.8. The Morgan fingerprint density at radius 1 is 1.00 bits per heavy atom. The van der Waals surface area contributed by atoms with Gasteiger partial charge in [0, 0.05) is 10.7 Å². The van der Waals surface area contributed by atoms with Gasteiger partial charge in [-0.3, -0.25) is 14.4 Å². The molecule has 5 aliphatic rings. The third kappa shape index (κ3) is 2.66. The zero-order chi connectivity index (χ0) is 21.4. The maximum Gasteiger partial charge on any atom is 0.257 e. The summed E-state index contributed by atoms with van der Waals surface area (Å²) in [5.41, 5.74) is 2.13. The highest BCUT2D eigenvalue weighted by Gasteiger charge is 2.67. The summed E-state index contributed by atoms with van der Waals surface area (Å²) in [5, 5.41) is 3.40. The quantitative estimate of drug-likeness (QED) is 0.575. The van der Waals surface area contributed by atoms with Crippen LogP contribution in [-0.4, -0.2) is 17.7 Å². The molecule has 1 aliphatic heterocycles. The van der Waals surface area contributed by atoms with Gasteiger partial charge in [0.25, 0.3) is 5.91 Å². The lowest BCUT2D eigenvalue weighted by molar-refractivity contribution is -0.124. The Kier molecular flexibility index (Phi) is 3.97. The van der Waals surface area contributed by atoms with Crippen LogP contribution < -0.4 is 10.2 Å². The van der Waals surface area contributed by atoms with Crippen LogP contribution in [0.5, 0.6) is 0 Å². The van der Waals surface area contributed by atoms with Crippen LogP contribution in [0.4, 0.5) is 11.4 Å². The molecule has 0 aromatic heterocycles. The number of anilines is 2. The number of amides is 3. The molecule has 5 nitrogen and oxygen atoms in total. The molecule has 2 saturated carbocycles. The van der Waals surface area contributed by atoms with Gasteiger partial charge in [-0.15, -0.1) is 0 Å². The Morgan fingerprint density at radius 3 is 2.32 bits per heavy atom. The second-order valence-electron chi connectivity index (χ2n) is 9.10. The van der Waals surface area contributed by atoms with Crippen molar-refractivity contribution in [1.29, 1.82) is 0 Å². The van der Waals surface area contributed by atoms with Crippen molar-refractivity contribution in [3.05, 3.63) is 70.8 Å². The number of hydrogen-bond donors (Lipinski definition) is 1. The molecule has 3 amide bonds. The number of rotatable bonds is 3. The van der Waals surface area contributed by atoms with Gasteiger partial charge < -0.3 is 5.32 Å². The molecule has 2 bridgehead atoms. The standard InChI is InChI=1S/C25H21ClN2O3/c1-12-6-7-13(26)10-19(12)27-23(29)16-4-2-3-5-20(16)28-24(30)21-14-8-9-15(18-11-17(14)18)22(21)25(28)31/h2-10,14-15,17-18,21-22H,11H2,1H3,(H,27,29)/t14-,15+,17-,18+,21+,22-. The molecule has 1 saturated heterocycles. The Hall–Kier alpha value is -2.92. The smallest absolute Gasteiger partial charge is 0.257 e. The molecule has 2 aromatic carbocycles. The molecule has 3 fully saturated rings. The predicted octanol–water partition coefficient (Wildman–Crippen LogP) is 4.46. The minimum absolute atomic E-state index is 0.150. The maximum atomic E-state index is 13.5. The van der Waals surface area contributed by atoms with E-state index >= 15 is 0 Å². The number of nitrogens with one attached hydrogen (secondary N) is 1. The van der Waals surface area contributed by atoms with Gasteiger partial charge in [0.15, 0.2) is 0 Å².